The highest BCUT2D eigenvalue weighted by Gasteiger charge is 2.26. The van der Waals surface area contributed by atoms with Crippen molar-refractivity contribution in [3.8, 4) is 0 Å². The zero-order chi connectivity index (χ0) is 18.4. The first kappa shape index (κ1) is 18.9. The molecule has 1 aliphatic heterocycles. The number of benzene rings is 1. The van der Waals surface area contributed by atoms with Gasteiger partial charge in [0.15, 0.2) is 0 Å². The van der Waals surface area contributed by atoms with Crippen LogP contribution in [0.1, 0.15) is 16.8 Å². The van der Waals surface area contributed by atoms with Gasteiger partial charge in [0.1, 0.15) is 5.82 Å². The van der Waals surface area contributed by atoms with Crippen LogP contribution < -0.4 is 5.32 Å². The van der Waals surface area contributed by atoms with E-state index >= 15 is 0 Å². The summed E-state index contributed by atoms with van der Waals surface area (Å²) in [5, 5.41) is 2.77. The van der Waals surface area contributed by atoms with Gasteiger partial charge in [0.05, 0.1) is 5.56 Å². The van der Waals surface area contributed by atoms with Crippen molar-refractivity contribution in [2.45, 2.75) is 6.42 Å². The molecule has 0 aliphatic carbocycles. The van der Waals surface area contributed by atoms with Gasteiger partial charge in [-0.25, -0.2) is 4.39 Å². The SMILES string of the molecule is C=CC(=O)NCCC(=O)N1CCN(C(=O)c2ccc(Cl)cc2F)CC1. The van der Waals surface area contributed by atoms with Crippen LogP contribution >= 0.6 is 11.6 Å². The lowest BCUT2D eigenvalue weighted by molar-refractivity contribution is -0.132. The van der Waals surface area contributed by atoms with E-state index in [1.54, 1.807) is 4.90 Å². The normalized spacial score (nSPS) is 14.2. The fourth-order valence-corrected chi connectivity index (χ4v) is 2.67. The summed E-state index contributed by atoms with van der Waals surface area (Å²) < 4.78 is 13.9. The number of rotatable bonds is 5. The van der Waals surface area contributed by atoms with E-state index in [0.29, 0.717) is 26.2 Å². The van der Waals surface area contributed by atoms with Gasteiger partial charge in [0.2, 0.25) is 11.8 Å². The summed E-state index contributed by atoms with van der Waals surface area (Å²) in [6.07, 6.45) is 1.32. The van der Waals surface area contributed by atoms with Crippen molar-refractivity contribution in [2.75, 3.05) is 32.7 Å². The molecule has 0 bridgehead atoms. The Morgan fingerprint density at radius 1 is 1.20 bits per heavy atom. The van der Waals surface area contributed by atoms with Crippen molar-refractivity contribution < 1.29 is 18.8 Å². The highest BCUT2D eigenvalue weighted by Crippen LogP contribution is 2.17. The van der Waals surface area contributed by atoms with E-state index in [9.17, 15) is 18.8 Å². The number of hydrogen-bond donors (Lipinski definition) is 1. The van der Waals surface area contributed by atoms with E-state index in [1.807, 2.05) is 0 Å². The molecule has 3 amide bonds. The molecule has 0 aromatic heterocycles. The molecule has 134 valence electrons. The fourth-order valence-electron chi connectivity index (χ4n) is 2.52. The lowest BCUT2D eigenvalue weighted by atomic mass is 10.1. The lowest BCUT2D eigenvalue weighted by Crippen LogP contribution is -2.51. The summed E-state index contributed by atoms with van der Waals surface area (Å²) in [5.41, 5.74) is -0.0312. The van der Waals surface area contributed by atoms with Crippen LogP contribution in [-0.2, 0) is 9.59 Å². The second kappa shape index (κ2) is 8.62. The Kier molecular flexibility index (Phi) is 6.52. The molecule has 0 saturated carbocycles. The highest BCUT2D eigenvalue weighted by molar-refractivity contribution is 6.30. The van der Waals surface area contributed by atoms with Crippen LogP contribution in [-0.4, -0.2) is 60.2 Å². The zero-order valence-corrected chi connectivity index (χ0v) is 14.4. The van der Waals surface area contributed by atoms with Crippen LogP contribution in [0.3, 0.4) is 0 Å². The number of hydrogen-bond acceptors (Lipinski definition) is 3. The molecule has 1 aromatic rings. The number of halogens is 2. The molecule has 2 rings (SSSR count). The molecule has 0 unspecified atom stereocenters. The Morgan fingerprint density at radius 3 is 2.44 bits per heavy atom. The van der Waals surface area contributed by atoms with Gasteiger partial charge in [-0.05, 0) is 24.3 Å². The number of nitrogens with one attached hydrogen (secondary N) is 1. The molecule has 1 N–H and O–H groups in total. The Balaban J connectivity index is 1.84. The van der Waals surface area contributed by atoms with Gasteiger partial charge < -0.3 is 15.1 Å². The molecule has 1 heterocycles. The Morgan fingerprint density at radius 2 is 1.84 bits per heavy atom. The first-order chi connectivity index (χ1) is 11.9. The van der Waals surface area contributed by atoms with Crippen molar-refractivity contribution in [1.29, 1.82) is 0 Å². The number of amides is 3. The zero-order valence-electron chi connectivity index (χ0n) is 13.6. The summed E-state index contributed by atoms with van der Waals surface area (Å²) in [7, 11) is 0. The number of nitrogens with zero attached hydrogens (tertiary/aromatic N) is 2. The smallest absolute Gasteiger partial charge is 0.256 e. The Bertz CT molecular complexity index is 688. The minimum Gasteiger partial charge on any atom is -0.352 e. The van der Waals surface area contributed by atoms with Crippen LogP contribution in [0.25, 0.3) is 0 Å². The van der Waals surface area contributed by atoms with Crippen molar-refractivity contribution in [2.24, 2.45) is 0 Å². The Labute approximate surface area is 150 Å². The predicted octanol–water partition coefficient (Wildman–Crippen LogP) is 1.46. The summed E-state index contributed by atoms with van der Waals surface area (Å²) in [6.45, 7) is 4.96. The second-order valence-electron chi connectivity index (χ2n) is 5.54. The molecule has 1 aromatic carbocycles. The van der Waals surface area contributed by atoms with E-state index in [4.69, 9.17) is 11.6 Å². The van der Waals surface area contributed by atoms with Gasteiger partial charge in [0.25, 0.3) is 5.91 Å². The monoisotopic (exact) mass is 367 g/mol. The highest BCUT2D eigenvalue weighted by atomic mass is 35.5. The van der Waals surface area contributed by atoms with E-state index in [1.165, 1.54) is 17.0 Å². The predicted molar refractivity (Wildman–Crippen MR) is 91.7 cm³/mol. The van der Waals surface area contributed by atoms with Gasteiger partial charge in [-0.3, -0.25) is 14.4 Å². The second-order valence-corrected chi connectivity index (χ2v) is 5.98. The third-order valence-electron chi connectivity index (χ3n) is 3.90. The quantitative estimate of drug-likeness (QED) is 0.801. The van der Waals surface area contributed by atoms with E-state index < -0.39 is 11.7 Å². The van der Waals surface area contributed by atoms with Crippen LogP contribution in [0.2, 0.25) is 5.02 Å². The minimum absolute atomic E-state index is 0.0312. The molecular weight excluding hydrogens is 349 g/mol. The maximum atomic E-state index is 13.9. The number of piperazine rings is 1. The molecule has 0 radical (unpaired) electrons. The summed E-state index contributed by atoms with van der Waals surface area (Å²) in [5.74, 6) is -1.50. The maximum Gasteiger partial charge on any atom is 0.256 e. The van der Waals surface area contributed by atoms with Gasteiger partial charge in [-0.1, -0.05) is 18.2 Å². The first-order valence-electron chi connectivity index (χ1n) is 7.84. The molecule has 8 heteroatoms. The number of carbonyl (C=O) groups is 3. The van der Waals surface area contributed by atoms with Crippen LogP contribution in [0, 0.1) is 5.82 Å². The molecule has 1 saturated heterocycles. The average molecular weight is 368 g/mol. The van der Waals surface area contributed by atoms with Gasteiger partial charge in [-0.2, -0.15) is 0 Å². The topological polar surface area (TPSA) is 69.7 Å². The molecular formula is C17H19ClFN3O3. The fraction of sp³-hybridized carbons (Fsp3) is 0.353. The molecule has 0 spiro atoms. The molecule has 1 aliphatic rings. The van der Waals surface area contributed by atoms with Gasteiger partial charge >= 0.3 is 0 Å². The largest absolute Gasteiger partial charge is 0.352 e. The summed E-state index contributed by atoms with van der Waals surface area (Å²) in [6, 6.07) is 3.93. The maximum absolute atomic E-state index is 13.9. The molecule has 0 atom stereocenters. The van der Waals surface area contributed by atoms with Gasteiger partial charge in [0, 0.05) is 44.2 Å². The molecule has 1 fully saturated rings. The van der Waals surface area contributed by atoms with E-state index in [2.05, 4.69) is 11.9 Å². The van der Waals surface area contributed by atoms with Crippen LogP contribution in [0.5, 0.6) is 0 Å². The molecule has 25 heavy (non-hydrogen) atoms. The van der Waals surface area contributed by atoms with Crippen molar-refractivity contribution >= 4 is 29.3 Å². The van der Waals surface area contributed by atoms with Crippen molar-refractivity contribution in [1.82, 2.24) is 15.1 Å². The third kappa shape index (κ3) is 5.03. The van der Waals surface area contributed by atoms with Crippen molar-refractivity contribution in [3.05, 3.63) is 47.3 Å². The lowest BCUT2D eigenvalue weighted by Gasteiger charge is -2.35. The Hall–Kier alpha value is -2.41. The van der Waals surface area contributed by atoms with Crippen LogP contribution in [0.15, 0.2) is 30.9 Å². The summed E-state index contributed by atoms with van der Waals surface area (Å²) in [4.78, 5) is 38.6. The van der Waals surface area contributed by atoms with Gasteiger partial charge in [-0.15, -0.1) is 0 Å². The first-order valence-corrected chi connectivity index (χ1v) is 8.22. The van der Waals surface area contributed by atoms with Crippen LogP contribution in [0.4, 0.5) is 4.39 Å². The van der Waals surface area contributed by atoms with Crippen molar-refractivity contribution in [3.63, 3.8) is 0 Å². The number of carbonyl (C=O) groups excluding carboxylic acids is 3. The van der Waals surface area contributed by atoms with E-state index in [0.717, 1.165) is 12.1 Å². The third-order valence-corrected chi connectivity index (χ3v) is 4.14. The average Bonchev–Trinajstić information content (AvgIpc) is 2.61. The summed E-state index contributed by atoms with van der Waals surface area (Å²) >= 11 is 5.69. The molecule has 6 nitrogen and oxygen atoms in total. The van der Waals surface area contributed by atoms with E-state index in [-0.39, 0.29) is 35.4 Å². The minimum atomic E-state index is -0.658. The standard InChI is InChI=1S/C17H19ClFN3O3/c1-2-15(23)20-6-5-16(24)21-7-9-22(10-8-21)17(25)13-4-3-12(18)11-14(13)19/h2-4,11H,1,5-10H2,(H,20,23).